The normalized spacial score (nSPS) is 13.6. The van der Waals surface area contributed by atoms with Crippen LogP contribution in [-0.4, -0.2) is 22.3 Å². The summed E-state index contributed by atoms with van der Waals surface area (Å²) in [4.78, 5) is 7.25. The number of nitrogens with one attached hydrogen (secondary N) is 2. The molecule has 1 unspecified atom stereocenters. The Morgan fingerprint density at radius 3 is 2.80 bits per heavy atom. The Bertz CT molecular complexity index is 547. The van der Waals surface area contributed by atoms with E-state index in [1.807, 2.05) is 30.3 Å². The van der Waals surface area contributed by atoms with Crippen LogP contribution in [0.4, 0.5) is 0 Å². The summed E-state index contributed by atoms with van der Waals surface area (Å²) in [5.74, 6) is 0.612. The van der Waals surface area contributed by atoms with Gasteiger partial charge in [-0.05, 0) is 18.5 Å². The summed E-state index contributed by atoms with van der Waals surface area (Å²) in [5, 5.41) is 13.9. The second-order valence-electron chi connectivity index (χ2n) is 4.49. The number of aromatic amines is 1. The zero-order valence-electron chi connectivity index (χ0n) is 11.5. The molecule has 0 saturated carbocycles. The van der Waals surface area contributed by atoms with Crippen molar-refractivity contribution in [2.24, 2.45) is 0 Å². The molecule has 0 aliphatic carbocycles. The summed E-state index contributed by atoms with van der Waals surface area (Å²) in [6.07, 6.45) is 4.50. The maximum atomic E-state index is 9.73. The second kappa shape index (κ2) is 7.13. The van der Waals surface area contributed by atoms with Crippen LogP contribution >= 0.6 is 11.8 Å². The van der Waals surface area contributed by atoms with E-state index in [-0.39, 0.29) is 0 Å². The first-order valence-electron chi connectivity index (χ1n) is 6.65. The average molecular weight is 286 g/mol. The Morgan fingerprint density at radius 2 is 2.20 bits per heavy atom. The average Bonchev–Trinajstić information content (AvgIpc) is 3.02. The molecule has 2 aromatic rings. The van der Waals surface area contributed by atoms with Crippen LogP contribution in [0.1, 0.15) is 18.9 Å². The number of aromatic nitrogens is 2. The van der Waals surface area contributed by atoms with E-state index in [2.05, 4.69) is 28.3 Å². The van der Waals surface area contributed by atoms with E-state index in [0.717, 1.165) is 23.7 Å². The van der Waals surface area contributed by atoms with Crippen LogP contribution < -0.4 is 5.32 Å². The van der Waals surface area contributed by atoms with Crippen LogP contribution in [0.5, 0.6) is 0 Å². The molecule has 5 heteroatoms. The third-order valence-corrected chi connectivity index (χ3v) is 4.11. The number of thioether (sulfide) groups is 1. The second-order valence-corrected chi connectivity index (χ2v) is 5.46. The fourth-order valence-corrected chi connectivity index (χ4v) is 2.91. The first-order chi connectivity index (χ1) is 9.80. The number of hydrogen-bond acceptors (Lipinski definition) is 4. The SMILES string of the molecule is CCCNC(C#N)(CSc1ncc[nH]1)c1ccccc1. The van der Waals surface area contributed by atoms with Gasteiger partial charge in [-0.3, -0.25) is 5.32 Å². The molecule has 2 rings (SSSR count). The molecule has 1 heterocycles. The minimum Gasteiger partial charge on any atom is -0.340 e. The van der Waals surface area contributed by atoms with Crippen LogP contribution in [0.3, 0.4) is 0 Å². The summed E-state index contributed by atoms with van der Waals surface area (Å²) < 4.78 is 0. The highest BCUT2D eigenvalue weighted by Gasteiger charge is 2.31. The molecule has 0 fully saturated rings. The van der Waals surface area contributed by atoms with E-state index in [0.29, 0.717) is 5.75 Å². The maximum absolute atomic E-state index is 9.73. The van der Waals surface area contributed by atoms with Gasteiger partial charge < -0.3 is 4.98 Å². The molecular weight excluding hydrogens is 268 g/mol. The van der Waals surface area contributed by atoms with Gasteiger partial charge in [-0.15, -0.1) is 0 Å². The maximum Gasteiger partial charge on any atom is 0.165 e. The Hall–Kier alpha value is -1.77. The van der Waals surface area contributed by atoms with Gasteiger partial charge in [0, 0.05) is 18.1 Å². The summed E-state index contributed by atoms with van der Waals surface area (Å²) in [7, 11) is 0. The molecule has 0 spiro atoms. The Labute approximate surface area is 123 Å². The number of imidazole rings is 1. The lowest BCUT2D eigenvalue weighted by molar-refractivity contribution is 0.473. The molecule has 104 valence electrons. The van der Waals surface area contributed by atoms with E-state index >= 15 is 0 Å². The van der Waals surface area contributed by atoms with Gasteiger partial charge in [-0.2, -0.15) is 5.26 Å². The Balaban J connectivity index is 2.21. The minimum atomic E-state index is -0.686. The predicted octanol–water partition coefficient (Wildman–Crippen LogP) is 2.92. The van der Waals surface area contributed by atoms with Gasteiger partial charge in [0.25, 0.3) is 0 Å². The van der Waals surface area contributed by atoms with Gasteiger partial charge in [0.2, 0.25) is 0 Å². The topological polar surface area (TPSA) is 64.5 Å². The van der Waals surface area contributed by atoms with Crippen molar-refractivity contribution in [1.29, 1.82) is 5.26 Å². The molecule has 20 heavy (non-hydrogen) atoms. The third kappa shape index (κ3) is 3.41. The fraction of sp³-hybridized carbons (Fsp3) is 0.333. The van der Waals surface area contributed by atoms with E-state index < -0.39 is 5.54 Å². The van der Waals surface area contributed by atoms with Crippen molar-refractivity contribution in [1.82, 2.24) is 15.3 Å². The van der Waals surface area contributed by atoms with Crippen LogP contribution in [0.2, 0.25) is 0 Å². The van der Waals surface area contributed by atoms with Gasteiger partial charge in [0.05, 0.1) is 6.07 Å². The lowest BCUT2D eigenvalue weighted by Gasteiger charge is -2.27. The molecule has 0 aliphatic rings. The van der Waals surface area contributed by atoms with Crippen molar-refractivity contribution < 1.29 is 0 Å². The lowest BCUT2D eigenvalue weighted by Crippen LogP contribution is -2.44. The first kappa shape index (κ1) is 14.6. The van der Waals surface area contributed by atoms with Gasteiger partial charge >= 0.3 is 0 Å². The smallest absolute Gasteiger partial charge is 0.165 e. The van der Waals surface area contributed by atoms with E-state index in [1.54, 1.807) is 24.2 Å². The number of H-pyrrole nitrogens is 1. The molecule has 0 aliphatic heterocycles. The highest BCUT2D eigenvalue weighted by Crippen LogP contribution is 2.28. The van der Waals surface area contributed by atoms with Crippen molar-refractivity contribution in [2.75, 3.05) is 12.3 Å². The van der Waals surface area contributed by atoms with E-state index in [9.17, 15) is 5.26 Å². The van der Waals surface area contributed by atoms with Gasteiger partial charge in [0.1, 0.15) is 5.54 Å². The lowest BCUT2D eigenvalue weighted by atomic mass is 9.93. The van der Waals surface area contributed by atoms with Crippen molar-refractivity contribution in [3.8, 4) is 6.07 Å². The highest BCUT2D eigenvalue weighted by atomic mass is 32.2. The molecular formula is C15H18N4S. The summed E-state index contributed by atoms with van der Waals surface area (Å²) in [6.45, 7) is 2.90. The summed E-state index contributed by atoms with van der Waals surface area (Å²) >= 11 is 1.55. The largest absolute Gasteiger partial charge is 0.340 e. The quantitative estimate of drug-likeness (QED) is 0.768. The van der Waals surface area contributed by atoms with Crippen LogP contribution in [-0.2, 0) is 5.54 Å². The van der Waals surface area contributed by atoms with Crippen LogP contribution in [0, 0.1) is 11.3 Å². The standard InChI is InChI=1S/C15H18N4S/c1-2-8-19-15(11-16,13-6-4-3-5-7-13)12-20-14-17-9-10-18-14/h3-7,9-10,19H,2,8,12H2,1H3,(H,17,18). The summed E-state index contributed by atoms with van der Waals surface area (Å²) in [5.41, 5.74) is 0.310. The van der Waals surface area contributed by atoms with Gasteiger partial charge in [0.15, 0.2) is 5.16 Å². The molecule has 4 nitrogen and oxygen atoms in total. The van der Waals surface area contributed by atoms with Crippen LogP contribution in [0.15, 0.2) is 47.9 Å². The molecule has 0 amide bonds. The molecule has 1 atom stereocenters. The third-order valence-electron chi connectivity index (χ3n) is 3.03. The molecule has 1 aromatic heterocycles. The molecule has 0 radical (unpaired) electrons. The summed E-state index contributed by atoms with van der Waals surface area (Å²) in [6, 6.07) is 12.3. The predicted molar refractivity (Wildman–Crippen MR) is 81.3 cm³/mol. The minimum absolute atomic E-state index is 0.612. The number of nitriles is 1. The van der Waals surface area contributed by atoms with Crippen LogP contribution in [0.25, 0.3) is 0 Å². The Kier molecular flexibility index (Phi) is 5.22. The van der Waals surface area contributed by atoms with Crippen molar-refractivity contribution in [3.05, 3.63) is 48.3 Å². The zero-order valence-corrected chi connectivity index (χ0v) is 12.3. The van der Waals surface area contributed by atoms with Crippen molar-refractivity contribution >= 4 is 11.8 Å². The molecule has 1 aromatic carbocycles. The fourth-order valence-electron chi connectivity index (χ4n) is 1.94. The Morgan fingerprint density at radius 1 is 1.40 bits per heavy atom. The number of benzene rings is 1. The monoisotopic (exact) mass is 286 g/mol. The van der Waals surface area contributed by atoms with E-state index in [4.69, 9.17) is 0 Å². The molecule has 2 N–H and O–H groups in total. The van der Waals surface area contributed by atoms with Crippen molar-refractivity contribution in [2.45, 2.75) is 24.0 Å². The molecule has 0 saturated heterocycles. The number of hydrogen-bond donors (Lipinski definition) is 2. The van der Waals surface area contributed by atoms with Gasteiger partial charge in [-0.25, -0.2) is 4.98 Å². The van der Waals surface area contributed by atoms with E-state index in [1.165, 1.54) is 0 Å². The highest BCUT2D eigenvalue weighted by molar-refractivity contribution is 7.99. The zero-order chi connectivity index (χ0) is 14.3. The first-order valence-corrected chi connectivity index (χ1v) is 7.63. The van der Waals surface area contributed by atoms with Crippen molar-refractivity contribution in [3.63, 3.8) is 0 Å². The number of rotatable bonds is 7. The van der Waals surface area contributed by atoms with Gasteiger partial charge in [-0.1, -0.05) is 49.0 Å². The number of nitrogens with zero attached hydrogens (tertiary/aromatic N) is 2. The molecule has 0 bridgehead atoms.